The highest BCUT2D eigenvalue weighted by molar-refractivity contribution is 5.81. The standard InChI is InChI=1S/C17H27N3O/c1-13(2)16(18)17(21)19-9-5-10-20-11-8-14-6-3-4-7-15(14)12-20/h3-4,6-7,13,16H,5,8-12,18H2,1-2H3,(H,19,21)/t16-/m0/s1. The third-order valence-corrected chi connectivity index (χ3v) is 4.18. The molecular formula is C17H27N3O. The van der Waals surface area contributed by atoms with E-state index in [1.54, 1.807) is 0 Å². The monoisotopic (exact) mass is 289 g/mol. The topological polar surface area (TPSA) is 58.4 Å². The minimum atomic E-state index is -0.396. The molecule has 0 aromatic heterocycles. The smallest absolute Gasteiger partial charge is 0.237 e. The Morgan fingerprint density at radius 3 is 2.76 bits per heavy atom. The van der Waals surface area contributed by atoms with Crippen molar-refractivity contribution >= 4 is 5.91 Å². The fourth-order valence-electron chi connectivity index (χ4n) is 2.68. The van der Waals surface area contributed by atoms with Gasteiger partial charge in [-0.15, -0.1) is 0 Å². The molecule has 4 nitrogen and oxygen atoms in total. The summed E-state index contributed by atoms with van der Waals surface area (Å²) in [7, 11) is 0. The maximum atomic E-state index is 11.7. The van der Waals surface area contributed by atoms with E-state index in [0.29, 0.717) is 6.54 Å². The van der Waals surface area contributed by atoms with Crippen molar-refractivity contribution in [1.82, 2.24) is 10.2 Å². The maximum Gasteiger partial charge on any atom is 0.237 e. The number of nitrogens with two attached hydrogens (primary N) is 1. The Morgan fingerprint density at radius 1 is 1.33 bits per heavy atom. The highest BCUT2D eigenvalue weighted by Crippen LogP contribution is 2.18. The number of nitrogens with one attached hydrogen (secondary N) is 1. The highest BCUT2D eigenvalue weighted by Gasteiger charge is 2.17. The van der Waals surface area contributed by atoms with Gasteiger partial charge >= 0.3 is 0 Å². The van der Waals surface area contributed by atoms with Gasteiger partial charge in [-0.2, -0.15) is 0 Å². The first-order chi connectivity index (χ1) is 10.1. The van der Waals surface area contributed by atoms with Gasteiger partial charge in [0.1, 0.15) is 0 Å². The minimum absolute atomic E-state index is 0.0333. The van der Waals surface area contributed by atoms with Gasteiger partial charge in [-0.25, -0.2) is 0 Å². The maximum absolute atomic E-state index is 11.7. The number of nitrogens with zero attached hydrogens (tertiary/aromatic N) is 1. The van der Waals surface area contributed by atoms with Crippen molar-refractivity contribution in [3.05, 3.63) is 35.4 Å². The highest BCUT2D eigenvalue weighted by atomic mass is 16.2. The largest absolute Gasteiger partial charge is 0.355 e. The predicted octanol–water partition coefficient (Wildman–Crippen LogP) is 1.53. The number of rotatable bonds is 6. The Balaban J connectivity index is 1.68. The van der Waals surface area contributed by atoms with Crippen LogP contribution < -0.4 is 11.1 Å². The fraction of sp³-hybridized carbons (Fsp3) is 0.588. The van der Waals surface area contributed by atoms with Gasteiger partial charge in [0.2, 0.25) is 5.91 Å². The van der Waals surface area contributed by atoms with Crippen molar-refractivity contribution in [3.8, 4) is 0 Å². The summed E-state index contributed by atoms with van der Waals surface area (Å²) in [6, 6.07) is 8.26. The Bertz CT molecular complexity index is 473. The van der Waals surface area contributed by atoms with Gasteiger partial charge in [0.05, 0.1) is 6.04 Å². The van der Waals surface area contributed by atoms with Gasteiger partial charge < -0.3 is 11.1 Å². The summed E-state index contributed by atoms with van der Waals surface area (Å²) in [5.41, 5.74) is 8.73. The lowest BCUT2D eigenvalue weighted by molar-refractivity contribution is -0.123. The lowest BCUT2D eigenvalue weighted by Gasteiger charge is -2.28. The molecule has 1 amide bonds. The molecule has 0 saturated carbocycles. The van der Waals surface area contributed by atoms with Crippen molar-refractivity contribution in [3.63, 3.8) is 0 Å². The van der Waals surface area contributed by atoms with Crippen molar-refractivity contribution in [1.29, 1.82) is 0 Å². The lowest BCUT2D eigenvalue weighted by Crippen LogP contribution is -2.44. The Hall–Kier alpha value is -1.39. The van der Waals surface area contributed by atoms with Crippen LogP contribution in [-0.2, 0) is 17.8 Å². The van der Waals surface area contributed by atoms with Gasteiger partial charge in [-0.1, -0.05) is 38.1 Å². The third-order valence-electron chi connectivity index (χ3n) is 4.18. The summed E-state index contributed by atoms with van der Waals surface area (Å²) in [5, 5.41) is 2.93. The summed E-state index contributed by atoms with van der Waals surface area (Å²) >= 11 is 0. The molecule has 1 aliphatic heterocycles. The van der Waals surface area contributed by atoms with Crippen molar-refractivity contribution in [2.24, 2.45) is 11.7 Å². The van der Waals surface area contributed by atoms with Crippen LogP contribution in [0.1, 0.15) is 31.4 Å². The van der Waals surface area contributed by atoms with Crippen LogP contribution in [0.15, 0.2) is 24.3 Å². The molecular weight excluding hydrogens is 262 g/mol. The first-order valence-corrected chi connectivity index (χ1v) is 7.90. The molecule has 0 saturated heterocycles. The van der Waals surface area contributed by atoms with Gasteiger partial charge in [-0.3, -0.25) is 9.69 Å². The fourth-order valence-corrected chi connectivity index (χ4v) is 2.68. The zero-order valence-corrected chi connectivity index (χ0v) is 13.1. The molecule has 1 atom stereocenters. The predicted molar refractivity (Wildman–Crippen MR) is 85.9 cm³/mol. The number of hydrogen-bond donors (Lipinski definition) is 2. The Morgan fingerprint density at radius 2 is 2.05 bits per heavy atom. The Kier molecular flexibility index (Phi) is 5.76. The van der Waals surface area contributed by atoms with E-state index in [0.717, 1.165) is 32.5 Å². The van der Waals surface area contributed by atoms with Crippen LogP contribution in [0, 0.1) is 5.92 Å². The zero-order chi connectivity index (χ0) is 15.2. The van der Waals surface area contributed by atoms with E-state index in [2.05, 4.69) is 34.5 Å². The number of amides is 1. The normalized spacial score (nSPS) is 16.6. The number of carbonyl (C=O) groups is 1. The molecule has 0 fully saturated rings. The van der Waals surface area contributed by atoms with Gasteiger partial charge in [-0.05, 0) is 29.9 Å². The van der Waals surface area contributed by atoms with Crippen molar-refractivity contribution < 1.29 is 4.79 Å². The van der Waals surface area contributed by atoms with Gasteiger partial charge in [0.15, 0.2) is 0 Å². The van der Waals surface area contributed by atoms with Crippen LogP contribution in [0.4, 0.5) is 0 Å². The van der Waals surface area contributed by atoms with E-state index >= 15 is 0 Å². The van der Waals surface area contributed by atoms with E-state index in [1.165, 1.54) is 11.1 Å². The minimum Gasteiger partial charge on any atom is -0.355 e. The lowest BCUT2D eigenvalue weighted by atomic mass is 10.00. The van der Waals surface area contributed by atoms with Crippen LogP contribution in [0.2, 0.25) is 0 Å². The molecule has 3 N–H and O–H groups in total. The van der Waals surface area contributed by atoms with Crippen molar-refractivity contribution in [2.45, 2.75) is 39.3 Å². The summed E-state index contributed by atoms with van der Waals surface area (Å²) < 4.78 is 0. The Labute approximate surface area is 127 Å². The van der Waals surface area contributed by atoms with E-state index in [4.69, 9.17) is 5.73 Å². The summed E-state index contributed by atoms with van der Waals surface area (Å²) in [6.45, 7) is 7.79. The number of hydrogen-bond acceptors (Lipinski definition) is 3. The number of benzene rings is 1. The molecule has 1 aromatic rings. The van der Waals surface area contributed by atoms with Crippen LogP contribution in [0.5, 0.6) is 0 Å². The van der Waals surface area contributed by atoms with Gasteiger partial charge in [0.25, 0.3) is 0 Å². The summed E-state index contributed by atoms with van der Waals surface area (Å²) in [6.07, 6.45) is 2.10. The SMILES string of the molecule is CC(C)[C@H](N)C(=O)NCCCN1CCc2ccccc2C1. The van der Waals surface area contributed by atoms with Crippen LogP contribution in [0.25, 0.3) is 0 Å². The van der Waals surface area contributed by atoms with Crippen LogP contribution in [-0.4, -0.2) is 36.5 Å². The molecule has 0 bridgehead atoms. The molecule has 2 rings (SSSR count). The third kappa shape index (κ3) is 4.55. The summed E-state index contributed by atoms with van der Waals surface area (Å²) in [4.78, 5) is 14.2. The molecule has 0 spiro atoms. The molecule has 21 heavy (non-hydrogen) atoms. The van der Waals surface area contributed by atoms with E-state index < -0.39 is 6.04 Å². The molecule has 116 valence electrons. The molecule has 0 radical (unpaired) electrons. The second-order valence-corrected chi connectivity index (χ2v) is 6.21. The molecule has 1 aliphatic rings. The zero-order valence-electron chi connectivity index (χ0n) is 13.1. The molecule has 0 unspecified atom stereocenters. The van der Waals surface area contributed by atoms with Crippen LogP contribution in [0.3, 0.4) is 0 Å². The van der Waals surface area contributed by atoms with Gasteiger partial charge in [0, 0.05) is 26.2 Å². The average Bonchev–Trinajstić information content (AvgIpc) is 2.50. The number of carbonyl (C=O) groups excluding carboxylic acids is 1. The van der Waals surface area contributed by atoms with E-state index in [-0.39, 0.29) is 11.8 Å². The first kappa shape index (κ1) is 16.0. The molecule has 0 aliphatic carbocycles. The summed E-state index contributed by atoms with van der Waals surface area (Å²) in [5.74, 6) is 0.151. The average molecular weight is 289 g/mol. The molecule has 4 heteroatoms. The molecule has 1 aromatic carbocycles. The number of fused-ring (bicyclic) bond motifs is 1. The molecule has 1 heterocycles. The second kappa shape index (κ2) is 7.57. The van der Waals surface area contributed by atoms with E-state index in [1.807, 2.05) is 13.8 Å². The first-order valence-electron chi connectivity index (χ1n) is 7.90. The second-order valence-electron chi connectivity index (χ2n) is 6.21. The van der Waals surface area contributed by atoms with Crippen molar-refractivity contribution in [2.75, 3.05) is 19.6 Å². The van der Waals surface area contributed by atoms with Crippen LogP contribution >= 0.6 is 0 Å². The van der Waals surface area contributed by atoms with E-state index in [9.17, 15) is 4.79 Å². The quantitative estimate of drug-likeness (QED) is 0.781.